The van der Waals surface area contributed by atoms with Crippen molar-refractivity contribution >= 4 is 17.0 Å². The average Bonchev–Trinajstić information content (AvgIpc) is 3.46. The van der Waals surface area contributed by atoms with Crippen molar-refractivity contribution in [3.63, 3.8) is 0 Å². The fourth-order valence-corrected chi connectivity index (χ4v) is 5.57. The highest BCUT2D eigenvalue weighted by Crippen LogP contribution is 2.45. The third-order valence-corrected chi connectivity index (χ3v) is 8.22. The molecule has 3 heterocycles. The molecule has 1 aliphatic carbocycles. The predicted molar refractivity (Wildman–Crippen MR) is 162 cm³/mol. The number of carboxylic acid groups (broad SMARTS) is 1. The number of pyridine rings is 1. The largest absolute Gasteiger partial charge is 0.478 e. The molecule has 3 aromatic carbocycles. The van der Waals surface area contributed by atoms with Crippen LogP contribution in [0.3, 0.4) is 0 Å². The second kappa shape index (κ2) is 11.5. The van der Waals surface area contributed by atoms with Crippen LogP contribution in [-0.2, 0) is 25.1 Å². The Morgan fingerprint density at radius 1 is 1.02 bits per heavy atom. The van der Waals surface area contributed by atoms with Crippen LogP contribution >= 0.6 is 0 Å². The SMILES string of the molecule is N#Cc1ccc(COc2cccc(-c3ccc(Cc4nc5ccc(C(=O)O)cc5n4CC4(n5ccnn5)CC4)cc3F)n2)c(F)c1. The molecular formula is C34H25F2N7O3. The molecule has 1 aliphatic rings. The van der Waals surface area contributed by atoms with Gasteiger partial charge in [-0.25, -0.2) is 28.2 Å². The van der Waals surface area contributed by atoms with Crippen molar-refractivity contribution in [2.75, 3.05) is 0 Å². The molecule has 0 unspecified atom stereocenters. The number of imidazole rings is 1. The lowest BCUT2D eigenvalue weighted by Crippen LogP contribution is -2.25. The third-order valence-electron chi connectivity index (χ3n) is 8.22. The molecular weight excluding hydrogens is 592 g/mol. The number of aromatic carboxylic acids is 1. The summed E-state index contributed by atoms with van der Waals surface area (Å²) >= 11 is 0. The third kappa shape index (κ3) is 5.54. The molecule has 10 nitrogen and oxygen atoms in total. The highest BCUT2D eigenvalue weighted by atomic mass is 19.1. The van der Waals surface area contributed by atoms with Gasteiger partial charge in [0.15, 0.2) is 0 Å². The monoisotopic (exact) mass is 617 g/mol. The summed E-state index contributed by atoms with van der Waals surface area (Å²) in [5.74, 6) is -1.22. The first kappa shape index (κ1) is 28.8. The number of carboxylic acids is 1. The highest BCUT2D eigenvalue weighted by Gasteiger charge is 2.46. The molecule has 6 aromatic rings. The first-order valence-electron chi connectivity index (χ1n) is 14.5. The lowest BCUT2D eigenvalue weighted by atomic mass is 10.1. The number of halogens is 2. The van der Waals surface area contributed by atoms with Crippen LogP contribution in [0, 0.1) is 23.0 Å². The van der Waals surface area contributed by atoms with E-state index in [1.54, 1.807) is 48.7 Å². The van der Waals surface area contributed by atoms with Gasteiger partial charge in [0.1, 0.15) is 24.1 Å². The Morgan fingerprint density at radius 3 is 2.61 bits per heavy atom. The Hall–Kier alpha value is -5.96. The predicted octanol–water partition coefficient (Wildman–Crippen LogP) is 5.90. The second-order valence-corrected chi connectivity index (χ2v) is 11.3. The minimum Gasteiger partial charge on any atom is -0.478 e. The van der Waals surface area contributed by atoms with Crippen molar-refractivity contribution < 1.29 is 23.4 Å². The van der Waals surface area contributed by atoms with E-state index in [2.05, 4.69) is 15.3 Å². The molecule has 0 aliphatic heterocycles. The van der Waals surface area contributed by atoms with Gasteiger partial charge in [-0.3, -0.25) is 0 Å². The van der Waals surface area contributed by atoms with E-state index in [0.717, 1.165) is 18.9 Å². The number of nitriles is 1. The molecule has 3 aromatic heterocycles. The lowest BCUT2D eigenvalue weighted by Gasteiger charge is -2.19. The van der Waals surface area contributed by atoms with Crippen molar-refractivity contribution in [2.45, 2.75) is 38.0 Å². The smallest absolute Gasteiger partial charge is 0.335 e. The van der Waals surface area contributed by atoms with Gasteiger partial charge in [0, 0.05) is 36.4 Å². The number of nitrogens with zero attached hydrogens (tertiary/aromatic N) is 7. The normalized spacial score (nSPS) is 13.4. The Balaban J connectivity index is 1.15. The summed E-state index contributed by atoms with van der Waals surface area (Å²) in [4.78, 5) is 21.0. The van der Waals surface area contributed by atoms with Gasteiger partial charge >= 0.3 is 5.97 Å². The number of hydrogen-bond donors (Lipinski definition) is 1. The Labute approximate surface area is 261 Å². The molecule has 1 N–H and O–H groups in total. The zero-order chi connectivity index (χ0) is 31.8. The first-order valence-corrected chi connectivity index (χ1v) is 14.5. The van der Waals surface area contributed by atoms with Crippen molar-refractivity contribution in [1.82, 2.24) is 29.5 Å². The summed E-state index contributed by atoms with van der Waals surface area (Å²) < 4.78 is 39.4. The van der Waals surface area contributed by atoms with E-state index in [1.807, 2.05) is 21.5 Å². The van der Waals surface area contributed by atoms with E-state index in [0.29, 0.717) is 41.1 Å². The molecule has 228 valence electrons. The molecule has 0 radical (unpaired) electrons. The van der Waals surface area contributed by atoms with Gasteiger partial charge in [-0.15, -0.1) is 5.10 Å². The van der Waals surface area contributed by atoms with Crippen LogP contribution in [0.1, 0.15) is 45.7 Å². The van der Waals surface area contributed by atoms with E-state index in [9.17, 15) is 14.3 Å². The maximum Gasteiger partial charge on any atom is 0.335 e. The summed E-state index contributed by atoms with van der Waals surface area (Å²) in [6.07, 6.45) is 5.52. The van der Waals surface area contributed by atoms with Crippen molar-refractivity contribution in [2.24, 2.45) is 0 Å². The minimum absolute atomic E-state index is 0.109. The fourth-order valence-electron chi connectivity index (χ4n) is 5.57. The number of hydrogen-bond acceptors (Lipinski definition) is 7. The molecule has 1 fully saturated rings. The molecule has 0 saturated heterocycles. The van der Waals surface area contributed by atoms with Crippen molar-refractivity contribution in [3.05, 3.63) is 125 Å². The topological polar surface area (TPSA) is 132 Å². The summed E-state index contributed by atoms with van der Waals surface area (Å²) in [5, 5.41) is 26.7. The van der Waals surface area contributed by atoms with Crippen LogP contribution in [0.4, 0.5) is 8.78 Å². The van der Waals surface area contributed by atoms with Crippen LogP contribution in [0.2, 0.25) is 0 Å². The summed E-state index contributed by atoms with van der Waals surface area (Å²) in [6.45, 7) is 0.400. The number of benzene rings is 3. The van der Waals surface area contributed by atoms with E-state index in [1.165, 1.54) is 24.3 Å². The number of carbonyl (C=O) groups is 1. The Morgan fingerprint density at radius 2 is 1.89 bits per heavy atom. The molecule has 0 spiro atoms. The molecule has 0 amide bonds. The maximum atomic E-state index is 15.6. The average molecular weight is 618 g/mol. The van der Waals surface area contributed by atoms with E-state index in [-0.39, 0.29) is 40.3 Å². The minimum atomic E-state index is -1.03. The number of fused-ring (bicyclic) bond motifs is 1. The zero-order valence-corrected chi connectivity index (χ0v) is 24.3. The molecule has 0 atom stereocenters. The van der Waals surface area contributed by atoms with Crippen LogP contribution in [-0.4, -0.2) is 40.6 Å². The number of aromatic nitrogens is 6. The van der Waals surface area contributed by atoms with E-state index < -0.39 is 17.6 Å². The van der Waals surface area contributed by atoms with Gasteiger partial charge in [-0.05, 0) is 66.9 Å². The van der Waals surface area contributed by atoms with Gasteiger partial charge in [-0.1, -0.05) is 23.4 Å². The summed E-state index contributed by atoms with van der Waals surface area (Å²) in [7, 11) is 0. The summed E-state index contributed by atoms with van der Waals surface area (Å²) in [5.41, 5.74) is 2.95. The number of ether oxygens (including phenoxy) is 1. The van der Waals surface area contributed by atoms with E-state index >= 15 is 4.39 Å². The zero-order valence-electron chi connectivity index (χ0n) is 24.3. The van der Waals surface area contributed by atoms with Crippen molar-refractivity contribution in [1.29, 1.82) is 5.26 Å². The Bertz CT molecular complexity index is 2150. The van der Waals surface area contributed by atoms with Gasteiger partial charge in [-0.2, -0.15) is 5.26 Å². The number of rotatable bonds is 10. The molecule has 0 bridgehead atoms. The fraction of sp³-hybridized carbons (Fsp3) is 0.176. The van der Waals surface area contributed by atoms with Gasteiger partial charge in [0.25, 0.3) is 0 Å². The van der Waals surface area contributed by atoms with Crippen LogP contribution in [0.5, 0.6) is 5.88 Å². The van der Waals surface area contributed by atoms with Crippen LogP contribution in [0.25, 0.3) is 22.3 Å². The van der Waals surface area contributed by atoms with Gasteiger partial charge < -0.3 is 14.4 Å². The van der Waals surface area contributed by atoms with Gasteiger partial charge in [0.05, 0.1) is 45.7 Å². The molecule has 12 heteroatoms. The lowest BCUT2D eigenvalue weighted by molar-refractivity contribution is 0.0697. The van der Waals surface area contributed by atoms with Crippen LogP contribution < -0.4 is 4.74 Å². The first-order chi connectivity index (χ1) is 22.3. The second-order valence-electron chi connectivity index (χ2n) is 11.3. The molecule has 46 heavy (non-hydrogen) atoms. The van der Waals surface area contributed by atoms with Gasteiger partial charge in [0.2, 0.25) is 5.88 Å². The van der Waals surface area contributed by atoms with Crippen LogP contribution in [0.15, 0.2) is 85.2 Å². The van der Waals surface area contributed by atoms with Crippen molar-refractivity contribution in [3.8, 4) is 23.2 Å². The molecule has 1 saturated carbocycles. The Kier molecular flexibility index (Phi) is 7.21. The van der Waals surface area contributed by atoms with E-state index in [4.69, 9.17) is 15.0 Å². The standard InChI is InChI=1S/C34H25F2N7O3/c35-26-15-22(18-37)4-6-24(26)19-46-32-3-1-2-28(40-32)25-8-5-21(14-27(25)36)16-31-39-29-9-7-23(33(44)45)17-30(29)42(31)20-34(10-11-34)43-13-12-38-41-43/h1-9,12-15,17H,10-11,16,19-20H2,(H,44,45). The highest BCUT2D eigenvalue weighted by molar-refractivity contribution is 5.92. The quantitative estimate of drug-likeness (QED) is 0.201. The maximum absolute atomic E-state index is 15.6. The molecule has 7 rings (SSSR count). The summed E-state index contributed by atoms with van der Waals surface area (Å²) in [6, 6.07) is 20.7.